The number of para-hydroxylation sites is 1. The molecule has 1 spiro atoms. The molecule has 0 aliphatic carbocycles. The van der Waals surface area contributed by atoms with E-state index in [1.807, 2.05) is 49.4 Å². The van der Waals surface area contributed by atoms with E-state index in [9.17, 15) is 9.59 Å². The Hall–Kier alpha value is -2.65. The van der Waals surface area contributed by atoms with E-state index in [-0.39, 0.29) is 11.5 Å². The topological polar surface area (TPSA) is 90.8 Å². The van der Waals surface area contributed by atoms with Crippen LogP contribution in [-0.4, -0.2) is 21.7 Å². The predicted molar refractivity (Wildman–Crippen MR) is 110 cm³/mol. The minimum atomic E-state index is -1.35. The summed E-state index contributed by atoms with van der Waals surface area (Å²) in [5, 5.41) is 11.4. The van der Waals surface area contributed by atoms with Crippen LogP contribution in [0.5, 0.6) is 0 Å². The highest BCUT2D eigenvalue weighted by molar-refractivity contribution is 9.10. The first-order valence-electron chi connectivity index (χ1n) is 8.73. The summed E-state index contributed by atoms with van der Waals surface area (Å²) >= 11 is 4.91. The van der Waals surface area contributed by atoms with Gasteiger partial charge in [-0.1, -0.05) is 46.7 Å². The predicted octanol–water partition coefficient (Wildman–Crippen LogP) is 2.68. The molecule has 28 heavy (non-hydrogen) atoms. The number of anilines is 2. The summed E-state index contributed by atoms with van der Waals surface area (Å²) in [6, 6.07) is 13.0. The number of amides is 1. The molecule has 5 rings (SSSR count). The van der Waals surface area contributed by atoms with Gasteiger partial charge in [0.2, 0.25) is 5.16 Å². The van der Waals surface area contributed by atoms with Gasteiger partial charge in [0.15, 0.2) is 0 Å². The van der Waals surface area contributed by atoms with E-state index in [2.05, 4.69) is 36.6 Å². The van der Waals surface area contributed by atoms with E-state index in [4.69, 9.17) is 0 Å². The summed E-state index contributed by atoms with van der Waals surface area (Å²) in [5.74, 6) is 0.458. The van der Waals surface area contributed by atoms with Crippen LogP contribution in [0.1, 0.15) is 12.5 Å². The molecule has 9 heteroatoms. The molecule has 3 aromatic rings. The fourth-order valence-electron chi connectivity index (χ4n) is 3.74. The molecule has 2 aliphatic heterocycles. The lowest BCUT2D eigenvalue weighted by Gasteiger charge is -2.28. The number of aromatic nitrogens is 3. The molecule has 0 saturated carbocycles. The molecule has 0 saturated heterocycles. The summed E-state index contributed by atoms with van der Waals surface area (Å²) in [5.41, 5.74) is 1.51. The van der Waals surface area contributed by atoms with Crippen molar-refractivity contribution in [2.24, 2.45) is 0 Å². The quantitative estimate of drug-likeness (QED) is 0.407. The summed E-state index contributed by atoms with van der Waals surface area (Å²) in [6.07, 6.45) is 0. The Morgan fingerprint density at radius 1 is 1.18 bits per heavy atom. The smallest absolute Gasteiger partial charge is 0.317 e. The SMILES string of the molecule is CCSc1n[n+]2c(c(=O)[nH]1)-c1ccccc1N[C@@]21C(=O)Nc2ccc(Br)cc21. The van der Waals surface area contributed by atoms with Gasteiger partial charge in [0.05, 0.1) is 22.5 Å². The second-order valence-electron chi connectivity index (χ2n) is 6.48. The van der Waals surface area contributed by atoms with Gasteiger partial charge in [0, 0.05) is 9.57 Å². The first-order valence-corrected chi connectivity index (χ1v) is 10.5. The van der Waals surface area contributed by atoms with Gasteiger partial charge in [0.25, 0.3) is 0 Å². The Kier molecular flexibility index (Phi) is 3.85. The maximum atomic E-state index is 13.3. The monoisotopic (exact) mass is 456 g/mol. The van der Waals surface area contributed by atoms with E-state index in [1.54, 1.807) is 0 Å². The third kappa shape index (κ3) is 2.29. The molecule has 0 bridgehead atoms. The molecule has 3 N–H and O–H groups in total. The van der Waals surface area contributed by atoms with Crippen LogP contribution in [0.4, 0.5) is 11.4 Å². The number of carbonyl (C=O) groups is 1. The Balaban J connectivity index is 1.90. The summed E-state index contributed by atoms with van der Waals surface area (Å²) in [7, 11) is 0. The van der Waals surface area contributed by atoms with Crippen LogP contribution in [0.2, 0.25) is 0 Å². The van der Waals surface area contributed by atoms with Crippen molar-refractivity contribution in [3.05, 3.63) is 62.9 Å². The van der Waals surface area contributed by atoms with Crippen molar-refractivity contribution in [2.45, 2.75) is 17.7 Å². The van der Waals surface area contributed by atoms with Gasteiger partial charge in [0.1, 0.15) is 0 Å². The molecule has 1 atom stereocenters. The van der Waals surface area contributed by atoms with E-state index >= 15 is 0 Å². The number of thioether (sulfide) groups is 1. The summed E-state index contributed by atoms with van der Waals surface area (Å²) in [6.45, 7) is 1.98. The average Bonchev–Trinajstić information content (AvgIpc) is 2.94. The Morgan fingerprint density at radius 3 is 2.82 bits per heavy atom. The third-order valence-corrected chi connectivity index (χ3v) is 6.12. The highest BCUT2D eigenvalue weighted by Gasteiger charge is 2.62. The number of nitrogens with one attached hydrogen (secondary N) is 3. The summed E-state index contributed by atoms with van der Waals surface area (Å²) in [4.78, 5) is 29.2. The number of aromatic amines is 1. The van der Waals surface area contributed by atoms with Crippen LogP contribution in [0.25, 0.3) is 11.3 Å². The molecule has 140 valence electrons. The van der Waals surface area contributed by atoms with Crippen molar-refractivity contribution < 1.29 is 9.48 Å². The fourth-order valence-corrected chi connectivity index (χ4v) is 4.68. The van der Waals surface area contributed by atoms with Crippen LogP contribution in [0, 0.1) is 0 Å². The molecule has 0 fully saturated rings. The third-order valence-electron chi connectivity index (χ3n) is 4.88. The second kappa shape index (κ2) is 6.18. The van der Waals surface area contributed by atoms with Crippen LogP contribution in [-0.2, 0) is 10.5 Å². The van der Waals surface area contributed by atoms with Crippen molar-refractivity contribution in [1.82, 2.24) is 10.1 Å². The van der Waals surface area contributed by atoms with Gasteiger partial charge < -0.3 is 10.6 Å². The molecule has 2 aliphatic rings. The second-order valence-corrected chi connectivity index (χ2v) is 8.65. The zero-order valence-corrected chi connectivity index (χ0v) is 17.1. The number of rotatable bonds is 2. The highest BCUT2D eigenvalue weighted by Crippen LogP contribution is 2.42. The van der Waals surface area contributed by atoms with Gasteiger partial charge >= 0.3 is 22.8 Å². The van der Waals surface area contributed by atoms with Crippen molar-refractivity contribution in [1.29, 1.82) is 0 Å². The Labute approximate surface area is 172 Å². The van der Waals surface area contributed by atoms with Crippen molar-refractivity contribution in [3.63, 3.8) is 0 Å². The largest absolute Gasteiger partial charge is 0.374 e. The zero-order valence-electron chi connectivity index (χ0n) is 14.7. The lowest BCUT2D eigenvalue weighted by Crippen LogP contribution is -2.71. The lowest BCUT2D eigenvalue weighted by molar-refractivity contribution is -0.781. The van der Waals surface area contributed by atoms with Gasteiger partial charge in [-0.3, -0.25) is 14.6 Å². The molecule has 0 radical (unpaired) electrons. The molecule has 1 aromatic heterocycles. The van der Waals surface area contributed by atoms with Crippen LogP contribution < -0.4 is 20.9 Å². The zero-order chi connectivity index (χ0) is 19.5. The first-order chi connectivity index (χ1) is 13.5. The minimum Gasteiger partial charge on any atom is -0.317 e. The van der Waals surface area contributed by atoms with Gasteiger partial charge in [-0.2, -0.15) is 0 Å². The number of hydrogen-bond donors (Lipinski definition) is 3. The average molecular weight is 457 g/mol. The van der Waals surface area contributed by atoms with Crippen molar-refractivity contribution >= 4 is 45.0 Å². The van der Waals surface area contributed by atoms with Gasteiger partial charge in [-0.05, 0) is 40.8 Å². The Morgan fingerprint density at radius 2 is 2.00 bits per heavy atom. The normalized spacial score (nSPS) is 18.9. The van der Waals surface area contributed by atoms with Gasteiger partial charge in [-0.25, -0.2) is 0 Å². The minimum absolute atomic E-state index is 0.282. The standard InChI is InChI=1S/C19H14BrN5O2S/c1-2-28-18-22-16(26)15-11-5-3-4-6-13(11)23-19(25(15)24-18)12-9-10(20)7-8-14(12)21-17(19)27/h3-9H,2H2,1H3,(H2,21,22,24,26,27)/p+1/t19-/m1/s1. The molecule has 7 nitrogen and oxygen atoms in total. The molecule has 3 heterocycles. The number of halogens is 1. The van der Waals surface area contributed by atoms with E-state index in [0.717, 1.165) is 10.2 Å². The summed E-state index contributed by atoms with van der Waals surface area (Å²) < 4.78 is 2.36. The number of benzene rings is 2. The number of fused-ring (bicyclic) bond motifs is 6. The van der Waals surface area contributed by atoms with Gasteiger partial charge in [-0.15, -0.1) is 0 Å². The Bertz CT molecular complexity index is 1210. The molecule has 2 aromatic carbocycles. The highest BCUT2D eigenvalue weighted by atomic mass is 79.9. The molecular formula is C19H15BrN5O2S+. The maximum Gasteiger partial charge on any atom is 0.374 e. The lowest BCUT2D eigenvalue weighted by atomic mass is 9.95. The molecular weight excluding hydrogens is 442 g/mol. The molecule has 1 amide bonds. The van der Waals surface area contributed by atoms with E-state index in [1.165, 1.54) is 16.4 Å². The maximum absolute atomic E-state index is 13.3. The van der Waals surface area contributed by atoms with Crippen LogP contribution >= 0.6 is 27.7 Å². The first kappa shape index (κ1) is 17.4. The number of carbonyl (C=O) groups excluding carboxylic acids is 1. The number of hydrogen-bond acceptors (Lipinski definition) is 5. The molecule has 0 unspecified atom stereocenters. The number of H-pyrrole nitrogens is 1. The van der Waals surface area contributed by atoms with E-state index < -0.39 is 5.66 Å². The van der Waals surface area contributed by atoms with Crippen LogP contribution in [0.15, 0.2) is 56.9 Å². The van der Waals surface area contributed by atoms with Crippen molar-refractivity contribution in [3.8, 4) is 11.3 Å². The van der Waals surface area contributed by atoms with E-state index in [0.29, 0.717) is 33.4 Å². The van der Waals surface area contributed by atoms with Crippen LogP contribution in [0.3, 0.4) is 0 Å². The fraction of sp³-hybridized carbons (Fsp3) is 0.158. The number of nitrogens with zero attached hydrogens (tertiary/aromatic N) is 2. The van der Waals surface area contributed by atoms with Crippen molar-refractivity contribution in [2.75, 3.05) is 16.4 Å².